The fourth-order valence-electron chi connectivity index (χ4n) is 2.84. The molecule has 1 aromatic heterocycles. The summed E-state index contributed by atoms with van der Waals surface area (Å²) in [5, 5.41) is 16.8. The molecular weight excluding hydrogens is 318 g/mol. The lowest BCUT2D eigenvalue weighted by Crippen LogP contribution is -2.35. The van der Waals surface area contributed by atoms with Gasteiger partial charge in [0, 0.05) is 12.7 Å². The van der Waals surface area contributed by atoms with Gasteiger partial charge in [-0.15, -0.1) is 0 Å². The van der Waals surface area contributed by atoms with Crippen LogP contribution in [-0.2, 0) is 0 Å². The number of aliphatic hydroxyl groups excluding tert-OH is 1. The Bertz CT molecular complexity index is 735. The van der Waals surface area contributed by atoms with Crippen molar-refractivity contribution >= 4 is 5.91 Å². The van der Waals surface area contributed by atoms with E-state index in [1.807, 2.05) is 39.0 Å². The quantitative estimate of drug-likeness (QED) is 0.809. The number of hydrogen-bond donors (Lipinski definition) is 2. The Morgan fingerprint density at radius 2 is 2.12 bits per heavy atom. The first-order valence-corrected chi connectivity index (χ1v) is 8.39. The topological polar surface area (TPSA) is 76.4 Å². The Balaban J connectivity index is 2.11. The van der Waals surface area contributed by atoms with Gasteiger partial charge in [-0.05, 0) is 49.4 Å². The van der Waals surface area contributed by atoms with Gasteiger partial charge in [-0.25, -0.2) is 4.68 Å². The number of aromatic nitrogens is 2. The van der Waals surface area contributed by atoms with Crippen molar-refractivity contribution in [1.82, 2.24) is 15.1 Å². The third-order valence-electron chi connectivity index (χ3n) is 3.98. The molecule has 0 aliphatic carbocycles. The van der Waals surface area contributed by atoms with Gasteiger partial charge >= 0.3 is 0 Å². The molecule has 2 aromatic rings. The largest absolute Gasteiger partial charge is 0.494 e. The van der Waals surface area contributed by atoms with Gasteiger partial charge in [-0.3, -0.25) is 4.79 Å². The lowest BCUT2D eigenvalue weighted by atomic mass is 9.87. The first kappa shape index (κ1) is 19.0. The van der Waals surface area contributed by atoms with Crippen LogP contribution in [0.1, 0.15) is 43.2 Å². The second kappa shape index (κ2) is 7.70. The Hall–Kier alpha value is -2.34. The smallest absolute Gasteiger partial charge is 0.271 e. The monoisotopic (exact) mass is 345 g/mol. The van der Waals surface area contributed by atoms with Crippen molar-refractivity contribution in [2.24, 2.45) is 5.41 Å². The van der Waals surface area contributed by atoms with Crippen molar-refractivity contribution in [3.63, 3.8) is 0 Å². The fourth-order valence-corrected chi connectivity index (χ4v) is 2.84. The van der Waals surface area contributed by atoms with Crippen molar-refractivity contribution in [2.75, 3.05) is 13.7 Å². The number of carbonyl (C=O) groups excluding carboxylic acids is 1. The normalized spacial score (nSPS) is 12.7. The van der Waals surface area contributed by atoms with E-state index in [1.54, 1.807) is 31.0 Å². The average molecular weight is 345 g/mol. The molecule has 136 valence electrons. The summed E-state index contributed by atoms with van der Waals surface area (Å²) in [5.74, 6) is 0.461. The van der Waals surface area contributed by atoms with Crippen LogP contribution in [0.5, 0.6) is 5.75 Å². The van der Waals surface area contributed by atoms with Crippen LogP contribution in [0.15, 0.2) is 30.5 Å². The molecule has 25 heavy (non-hydrogen) atoms. The summed E-state index contributed by atoms with van der Waals surface area (Å²) >= 11 is 0. The van der Waals surface area contributed by atoms with E-state index < -0.39 is 6.10 Å². The van der Waals surface area contributed by atoms with Crippen molar-refractivity contribution in [3.8, 4) is 11.4 Å². The highest BCUT2D eigenvalue weighted by Crippen LogP contribution is 2.24. The minimum Gasteiger partial charge on any atom is -0.494 e. The Morgan fingerprint density at radius 1 is 1.40 bits per heavy atom. The third-order valence-corrected chi connectivity index (χ3v) is 3.98. The van der Waals surface area contributed by atoms with Gasteiger partial charge in [0.1, 0.15) is 11.4 Å². The summed E-state index contributed by atoms with van der Waals surface area (Å²) in [5.41, 5.74) is 2.02. The summed E-state index contributed by atoms with van der Waals surface area (Å²) in [7, 11) is 1.61. The molecule has 1 unspecified atom stereocenters. The molecule has 0 radical (unpaired) electrons. The van der Waals surface area contributed by atoms with Gasteiger partial charge in [0.05, 0.1) is 13.2 Å². The minimum absolute atomic E-state index is 0.188. The van der Waals surface area contributed by atoms with E-state index in [0.29, 0.717) is 24.4 Å². The second-order valence-corrected chi connectivity index (χ2v) is 7.22. The summed E-state index contributed by atoms with van der Waals surface area (Å²) < 4.78 is 7.01. The molecule has 0 bridgehead atoms. The second-order valence-electron chi connectivity index (χ2n) is 7.22. The molecule has 1 aromatic carbocycles. The molecule has 1 amide bonds. The molecule has 2 N–H and O–H groups in total. The average Bonchev–Trinajstić information content (AvgIpc) is 3.01. The maximum Gasteiger partial charge on any atom is 0.271 e. The number of nitrogens with zero attached hydrogens (tertiary/aromatic N) is 2. The number of nitrogens with one attached hydrogen (secondary N) is 1. The molecule has 1 atom stereocenters. The van der Waals surface area contributed by atoms with E-state index in [1.165, 1.54) is 0 Å². The maximum absolute atomic E-state index is 12.4. The lowest BCUT2D eigenvalue weighted by Gasteiger charge is -2.26. The summed E-state index contributed by atoms with van der Waals surface area (Å²) in [6, 6.07) is 7.48. The third kappa shape index (κ3) is 5.06. The molecule has 6 heteroatoms. The van der Waals surface area contributed by atoms with Crippen molar-refractivity contribution in [3.05, 3.63) is 41.7 Å². The molecule has 6 nitrogen and oxygen atoms in total. The Labute approximate surface area is 148 Å². The molecule has 0 spiro atoms. The number of ether oxygens (including phenoxy) is 1. The summed E-state index contributed by atoms with van der Waals surface area (Å²) in [6.45, 7) is 8.23. The maximum atomic E-state index is 12.4. The highest BCUT2D eigenvalue weighted by atomic mass is 16.5. The van der Waals surface area contributed by atoms with E-state index in [2.05, 4.69) is 10.4 Å². The van der Waals surface area contributed by atoms with E-state index >= 15 is 0 Å². The predicted molar refractivity (Wildman–Crippen MR) is 97.3 cm³/mol. The molecule has 0 aliphatic heterocycles. The fraction of sp³-hybridized carbons (Fsp3) is 0.474. The number of hydrogen-bond acceptors (Lipinski definition) is 4. The van der Waals surface area contributed by atoms with Crippen molar-refractivity contribution in [1.29, 1.82) is 0 Å². The molecular formula is C19H27N3O3. The highest BCUT2D eigenvalue weighted by Gasteiger charge is 2.22. The van der Waals surface area contributed by atoms with Crippen LogP contribution in [0.4, 0.5) is 0 Å². The van der Waals surface area contributed by atoms with E-state index in [4.69, 9.17) is 4.74 Å². The number of methoxy groups -OCH3 is 1. The predicted octanol–water partition coefficient (Wildman–Crippen LogP) is 2.72. The molecule has 0 saturated carbocycles. The van der Waals surface area contributed by atoms with Crippen LogP contribution in [0, 0.1) is 12.3 Å². The number of aryl methyl sites for hydroxylation is 1. The number of amides is 1. The van der Waals surface area contributed by atoms with Gasteiger partial charge in [0.2, 0.25) is 0 Å². The number of aliphatic hydroxyl groups is 1. The summed E-state index contributed by atoms with van der Waals surface area (Å²) in [4.78, 5) is 12.4. The SMILES string of the molecule is COc1ccc(C)cc1-n1ccc(C(=O)NCC(C)(C)CC(C)O)n1. The summed E-state index contributed by atoms with van der Waals surface area (Å²) in [6.07, 6.45) is 1.95. The van der Waals surface area contributed by atoms with Crippen LogP contribution < -0.4 is 10.1 Å². The van der Waals surface area contributed by atoms with Crippen LogP contribution in [-0.4, -0.2) is 40.6 Å². The van der Waals surface area contributed by atoms with E-state index in [0.717, 1.165) is 11.3 Å². The first-order valence-electron chi connectivity index (χ1n) is 8.39. The Morgan fingerprint density at radius 3 is 2.76 bits per heavy atom. The molecule has 1 heterocycles. The van der Waals surface area contributed by atoms with Gasteiger partial charge < -0.3 is 15.2 Å². The van der Waals surface area contributed by atoms with Gasteiger partial charge in [-0.1, -0.05) is 19.9 Å². The van der Waals surface area contributed by atoms with Crippen LogP contribution in [0.3, 0.4) is 0 Å². The van der Waals surface area contributed by atoms with Crippen molar-refractivity contribution < 1.29 is 14.6 Å². The molecule has 0 saturated heterocycles. The zero-order valence-corrected chi connectivity index (χ0v) is 15.5. The van der Waals surface area contributed by atoms with Gasteiger partial charge in [-0.2, -0.15) is 5.10 Å². The van der Waals surface area contributed by atoms with Gasteiger partial charge in [0.15, 0.2) is 5.69 Å². The zero-order valence-electron chi connectivity index (χ0n) is 15.5. The number of benzene rings is 1. The van der Waals surface area contributed by atoms with E-state index in [9.17, 15) is 9.90 Å². The van der Waals surface area contributed by atoms with Gasteiger partial charge in [0.25, 0.3) is 5.91 Å². The van der Waals surface area contributed by atoms with Crippen LogP contribution in [0.2, 0.25) is 0 Å². The van der Waals surface area contributed by atoms with Crippen molar-refractivity contribution in [2.45, 2.75) is 40.2 Å². The van der Waals surface area contributed by atoms with E-state index in [-0.39, 0.29) is 11.3 Å². The molecule has 2 rings (SSSR count). The minimum atomic E-state index is -0.403. The molecule has 0 fully saturated rings. The first-order chi connectivity index (χ1) is 11.7. The highest BCUT2D eigenvalue weighted by molar-refractivity contribution is 5.92. The Kier molecular flexibility index (Phi) is 5.85. The standard InChI is InChI=1S/C19H27N3O3/c1-13-6-7-17(25-5)16(10-13)22-9-8-15(21-22)18(24)20-12-19(3,4)11-14(2)23/h6-10,14,23H,11-12H2,1-5H3,(H,20,24). The zero-order chi connectivity index (χ0) is 18.6. The van der Waals surface area contributed by atoms with Crippen LogP contribution >= 0.6 is 0 Å². The number of rotatable bonds is 7. The van der Waals surface area contributed by atoms with Crippen LogP contribution in [0.25, 0.3) is 5.69 Å². The molecule has 0 aliphatic rings. The number of carbonyl (C=O) groups is 1. The lowest BCUT2D eigenvalue weighted by molar-refractivity contribution is 0.0897.